The van der Waals surface area contributed by atoms with Crippen LogP contribution in [0.15, 0.2) is 65.8 Å². The van der Waals surface area contributed by atoms with Crippen LogP contribution in [0.4, 0.5) is 10.1 Å². The Labute approximate surface area is 229 Å². The summed E-state index contributed by atoms with van der Waals surface area (Å²) in [7, 11) is 0. The first-order valence-electron chi connectivity index (χ1n) is 12.1. The molecule has 3 aromatic carbocycles. The van der Waals surface area contributed by atoms with E-state index in [1.54, 1.807) is 4.90 Å². The second kappa shape index (κ2) is 11.0. The van der Waals surface area contributed by atoms with Gasteiger partial charge >= 0.3 is 0 Å². The molecular formula is C28H25ClFN5O2S. The molecule has 0 saturated heterocycles. The highest BCUT2D eigenvalue weighted by Crippen LogP contribution is 2.30. The van der Waals surface area contributed by atoms with Gasteiger partial charge in [-0.3, -0.25) is 14.2 Å². The standard InChI is InChI=1S/C28H25ClFN5O2S/c1-17-10-11-18(2)23(14-17)35-24(15-31-27(37)26-20(29)7-5-8-21(26)30)32-33-28(35)38-16-25(36)34-13-12-19-6-3-4-9-22(19)34/h3-11,14H,12-13,15-16H2,1-2H3,(H,31,37). The summed E-state index contributed by atoms with van der Waals surface area (Å²) in [5.74, 6) is -0.750. The molecule has 0 aliphatic carbocycles. The summed E-state index contributed by atoms with van der Waals surface area (Å²) < 4.78 is 16.1. The van der Waals surface area contributed by atoms with Crippen LogP contribution in [-0.2, 0) is 17.8 Å². The third kappa shape index (κ3) is 5.16. The number of carbonyl (C=O) groups excluding carboxylic acids is 2. The quantitative estimate of drug-likeness (QED) is 0.317. The monoisotopic (exact) mass is 549 g/mol. The van der Waals surface area contributed by atoms with Crippen LogP contribution >= 0.6 is 23.4 Å². The van der Waals surface area contributed by atoms with Gasteiger partial charge in [0.05, 0.1) is 28.6 Å². The van der Waals surface area contributed by atoms with Gasteiger partial charge in [0, 0.05) is 12.2 Å². The maximum Gasteiger partial charge on any atom is 0.256 e. The normalized spacial score (nSPS) is 12.5. The number of aryl methyl sites for hydroxylation is 2. The number of rotatable bonds is 7. The molecule has 1 aliphatic heterocycles. The fraction of sp³-hybridized carbons (Fsp3) is 0.214. The molecule has 1 aliphatic rings. The highest BCUT2D eigenvalue weighted by Gasteiger charge is 2.26. The number of hydrogen-bond acceptors (Lipinski definition) is 5. The molecule has 2 amide bonds. The molecule has 1 N–H and O–H groups in total. The summed E-state index contributed by atoms with van der Waals surface area (Å²) in [6, 6.07) is 18.0. The lowest BCUT2D eigenvalue weighted by Gasteiger charge is -2.17. The van der Waals surface area contributed by atoms with Gasteiger partial charge in [-0.2, -0.15) is 0 Å². The van der Waals surface area contributed by atoms with Crippen molar-refractivity contribution in [2.24, 2.45) is 0 Å². The van der Waals surface area contributed by atoms with Crippen molar-refractivity contribution in [1.29, 1.82) is 0 Å². The summed E-state index contributed by atoms with van der Waals surface area (Å²) in [5.41, 5.74) is 4.74. The van der Waals surface area contributed by atoms with E-state index >= 15 is 0 Å². The topological polar surface area (TPSA) is 80.1 Å². The molecule has 7 nitrogen and oxygen atoms in total. The van der Waals surface area contributed by atoms with Crippen LogP contribution < -0.4 is 10.2 Å². The minimum atomic E-state index is -0.704. The molecule has 0 spiro atoms. The van der Waals surface area contributed by atoms with Crippen LogP contribution in [0.5, 0.6) is 0 Å². The first-order valence-corrected chi connectivity index (χ1v) is 13.4. The number of para-hydroxylation sites is 1. The largest absolute Gasteiger partial charge is 0.345 e. The lowest BCUT2D eigenvalue weighted by Crippen LogP contribution is -2.30. The summed E-state index contributed by atoms with van der Waals surface area (Å²) in [5, 5.41) is 11.9. The van der Waals surface area contributed by atoms with Gasteiger partial charge in [-0.1, -0.05) is 59.8 Å². The third-order valence-electron chi connectivity index (χ3n) is 6.42. The van der Waals surface area contributed by atoms with Gasteiger partial charge in [0.1, 0.15) is 5.82 Å². The minimum Gasteiger partial charge on any atom is -0.345 e. The number of nitrogens with zero attached hydrogens (tertiary/aromatic N) is 4. The van der Waals surface area contributed by atoms with E-state index in [1.165, 1.54) is 30.0 Å². The maximum atomic E-state index is 14.3. The van der Waals surface area contributed by atoms with Gasteiger partial charge in [0.25, 0.3) is 5.91 Å². The zero-order chi connectivity index (χ0) is 26.8. The summed E-state index contributed by atoms with van der Waals surface area (Å²) in [4.78, 5) is 27.7. The van der Waals surface area contributed by atoms with Crippen molar-refractivity contribution in [3.05, 3.63) is 99.6 Å². The van der Waals surface area contributed by atoms with E-state index in [9.17, 15) is 14.0 Å². The van der Waals surface area contributed by atoms with Crippen LogP contribution in [0.3, 0.4) is 0 Å². The first kappa shape index (κ1) is 25.9. The minimum absolute atomic E-state index is 0.0143. The Hall–Kier alpha value is -3.69. The number of anilines is 1. The number of aromatic nitrogens is 3. The van der Waals surface area contributed by atoms with Crippen molar-refractivity contribution in [1.82, 2.24) is 20.1 Å². The lowest BCUT2D eigenvalue weighted by molar-refractivity contribution is -0.116. The van der Waals surface area contributed by atoms with E-state index in [1.807, 2.05) is 60.9 Å². The predicted molar refractivity (Wildman–Crippen MR) is 147 cm³/mol. The number of hydrogen-bond donors (Lipinski definition) is 1. The Morgan fingerprint density at radius 3 is 2.68 bits per heavy atom. The van der Waals surface area contributed by atoms with E-state index in [4.69, 9.17) is 11.6 Å². The van der Waals surface area contributed by atoms with Crippen molar-refractivity contribution in [3.63, 3.8) is 0 Å². The zero-order valence-corrected chi connectivity index (χ0v) is 22.4. The smallest absolute Gasteiger partial charge is 0.256 e. The van der Waals surface area contributed by atoms with Crippen molar-refractivity contribution < 1.29 is 14.0 Å². The number of fused-ring (bicyclic) bond motifs is 1. The molecular weight excluding hydrogens is 525 g/mol. The van der Waals surface area contributed by atoms with E-state index in [-0.39, 0.29) is 28.8 Å². The molecule has 0 saturated carbocycles. The van der Waals surface area contributed by atoms with Gasteiger partial charge < -0.3 is 10.2 Å². The van der Waals surface area contributed by atoms with Gasteiger partial charge in [-0.05, 0) is 61.2 Å². The number of amides is 2. The second-order valence-corrected chi connectivity index (χ2v) is 10.4. The number of thioether (sulfide) groups is 1. The average molecular weight is 550 g/mol. The summed E-state index contributed by atoms with van der Waals surface area (Å²) in [6.45, 7) is 4.59. The van der Waals surface area contributed by atoms with Crippen molar-refractivity contribution in [2.45, 2.75) is 32.0 Å². The zero-order valence-electron chi connectivity index (χ0n) is 20.9. The average Bonchev–Trinajstić information content (AvgIpc) is 3.51. The molecule has 1 aromatic heterocycles. The van der Waals surface area contributed by atoms with E-state index in [0.29, 0.717) is 17.5 Å². The van der Waals surface area contributed by atoms with Crippen molar-refractivity contribution >= 4 is 40.9 Å². The summed E-state index contributed by atoms with van der Waals surface area (Å²) in [6.07, 6.45) is 0.834. The van der Waals surface area contributed by atoms with E-state index < -0.39 is 11.7 Å². The second-order valence-electron chi connectivity index (χ2n) is 9.02. The molecule has 0 radical (unpaired) electrons. The Morgan fingerprint density at radius 1 is 1.05 bits per heavy atom. The molecule has 0 atom stereocenters. The molecule has 0 fully saturated rings. The number of halogens is 2. The fourth-order valence-corrected chi connectivity index (χ4v) is 5.56. The van der Waals surface area contributed by atoms with Crippen LogP contribution in [0.25, 0.3) is 5.69 Å². The molecule has 0 unspecified atom stereocenters. The highest BCUT2D eigenvalue weighted by atomic mass is 35.5. The van der Waals surface area contributed by atoms with Crippen LogP contribution in [-0.4, -0.2) is 38.9 Å². The van der Waals surface area contributed by atoms with Crippen molar-refractivity contribution in [2.75, 3.05) is 17.2 Å². The molecule has 194 valence electrons. The Kier molecular flexibility index (Phi) is 7.49. The van der Waals surface area contributed by atoms with Gasteiger partial charge in [0.15, 0.2) is 11.0 Å². The molecule has 2 heterocycles. The fourth-order valence-electron chi connectivity index (χ4n) is 4.47. The number of benzene rings is 3. The van der Waals surface area contributed by atoms with Gasteiger partial charge in [-0.15, -0.1) is 10.2 Å². The Bertz CT molecular complexity index is 1520. The molecule has 5 rings (SSSR count). The predicted octanol–water partition coefficient (Wildman–Crippen LogP) is 5.29. The van der Waals surface area contributed by atoms with Crippen molar-refractivity contribution in [3.8, 4) is 5.69 Å². The molecule has 10 heteroatoms. The van der Waals surface area contributed by atoms with Crippen LogP contribution in [0, 0.1) is 19.7 Å². The van der Waals surface area contributed by atoms with Crippen LogP contribution in [0.2, 0.25) is 5.02 Å². The lowest BCUT2D eigenvalue weighted by atomic mass is 10.1. The Balaban J connectivity index is 1.40. The molecule has 4 aromatic rings. The highest BCUT2D eigenvalue weighted by molar-refractivity contribution is 7.99. The first-order chi connectivity index (χ1) is 18.3. The maximum absolute atomic E-state index is 14.3. The third-order valence-corrected chi connectivity index (χ3v) is 7.64. The van der Waals surface area contributed by atoms with E-state index in [0.717, 1.165) is 34.5 Å². The van der Waals surface area contributed by atoms with E-state index in [2.05, 4.69) is 15.5 Å². The van der Waals surface area contributed by atoms with Gasteiger partial charge in [-0.25, -0.2) is 4.39 Å². The SMILES string of the molecule is Cc1ccc(C)c(-n2c(CNC(=O)c3c(F)cccc3Cl)nnc2SCC(=O)N2CCc3ccccc32)c1. The van der Waals surface area contributed by atoms with Gasteiger partial charge in [0.2, 0.25) is 5.91 Å². The molecule has 0 bridgehead atoms. The van der Waals surface area contributed by atoms with Crippen LogP contribution in [0.1, 0.15) is 32.9 Å². The summed E-state index contributed by atoms with van der Waals surface area (Å²) >= 11 is 7.35. The Morgan fingerprint density at radius 2 is 1.87 bits per heavy atom. The molecule has 38 heavy (non-hydrogen) atoms. The number of carbonyl (C=O) groups is 2. The number of nitrogens with one attached hydrogen (secondary N) is 1.